The van der Waals surface area contributed by atoms with Gasteiger partial charge in [0.15, 0.2) is 5.17 Å². The molecule has 2 aromatic carbocycles. The highest BCUT2D eigenvalue weighted by Gasteiger charge is 2.46. The fraction of sp³-hybridized carbons (Fsp3) is 0.375. The van der Waals surface area contributed by atoms with Crippen molar-refractivity contribution in [3.05, 3.63) is 58.7 Å². The molecule has 1 aliphatic carbocycles. The van der Waals surface area contributed by atoms with Crippen molar-refractivity contribution in [3.63, 3.8) is 0 Å². The van der Waals surface area contributed by atoms with Gasteiger partial charge in [-0.2, -0.15) is 0 Å². The normalized spacial score (nSPS) is 20.1. The van der Waals surface area contributed by atoms with E-state index in [0.717, 1.165) is 51.6 Å². The molecule has 2 fully saturated rings. The molecule has 156 valence electrons. The first kappa shape index (κ1) is 20.7. The zero-order chi connectivity index (χ0) is 21.4. The van der Waals surface area contributed by atoms with E-state index in [1.807, 2.05) is 62.9 Å². The summed E-state index contributed by atoms with van der Waals surface area (Å²) in [7, 11) is 0. The van der Waals surface area contributed by atoms with Crippen LogP contribution in [-0.4, -0.2) is 33.2 Å². The predicted molar refractivity (Wildman–Crippen MR) is 123 cm³/mol. The summed E-state index contributed by atoms with van der Waals surface area (Å²) in [4.78, 5) is 32.4. The van der Waals surface area contributed by atoms with Crippen molar-refractivity contribution < 1.29 is 9.59 Å². The lowest BCUT2D eigenvalue weighted by atomic mass is 10.1. The number of rotatable bonds is 5. The molecule has 1 N–H and O–H groups in total. The van der Waals surface area contributed by atoms with Crippen molar-refractivity contribution in [3.8, 4) is 0 Å². The lowest BCUT2D eigenvalue weighted by Gasteiger charge is -2.15. The Morgan fingerprint density at radius 1 is 1.07 bits per heavy atom. The molecular formula is C24H27N3O2S. The Kier molecular flexibility index (Phi) is 5.69. The molecule has 1 heterocycles. The van der Waals surface area contributed by atoms with Crippen LogP contribution in [-0.2, 0) is 9.59 Å². The molecule has 1 saturated carbocycles. The van der Waals surface area contributed by atoms with E-state index in [9.17, 15) is 9.59 Å². The number of hydrogen-bond donors (Lipinski definition) is 1. The van der Waals surface area contributed by atoms with Crippen LogP contribution in [0.4, 0.5) is 11.4 Å². The van der Waals surface area contributed by atoms with E-state index in [2.05, 4.69) is 11.4 Å². The molecule has 5 nitrogen and oxygen atoms in total. The molecule has 2 aliphatic rings. The molecule has 1 aliphatic heterocycles. The highest BCUT2D eigenvalue weighted by molar-refractivity contribution is 8.15. The number of carbonyl (C=O) groups is 2. The quantitative estimate of drug-likeness (QED) is 0.735. The third-order valence-corrected chi connectivity index (χ3v) is 6.64. The average Bonchev–Trinajstić information content (AvgIpc) is 3.47. The number of nitrogens with zero attached hydrogens (tertiary/aromatic N) is 2. The molecule has 30 heavy (non-hydrogen) atoms. The molecule has 4 rings (SSSR count). The van der Waals surface area contributed by atoms with Crippen LogP contribution >= 0.6 is 11.8 Å². The zero-order valence-corrected chi connectivity index (χ0v) is 18.7. The number of amides is 2. The third kappa shape index (κ3) is 4.43. The number of thioether (sulfide) groups is 1. The maximum absolute atomic E-state index is 13.1. The van der Waals surface area contributed by atoms with E-state index in [1.54, 1.807) is 0 Å². The van der Waals surface area contributed by atoms with Gasteiger partial charge in [-0.05, 0) is 69.4 Å². The highest BCUT2D eigenvalue weighted by Crippen LogP contribution is 2.40. The Morgan fingerprint density at radius 2 is 1.77 bits per heavy atom. The molecule has 0 aromatic heterocycles. The van der Waals surface area contributed by atoms with Crippen LogP contribution in [0.2, 0.25) is 0 Å². The fourth-order valence-electron chi connectivity index (χ4n) is 3.63. The van der Waals surface area contributed by atoms with Crippen LogP contribution in [0.1, 0.15) is 41.5 Å². The van der Waals surface area contributed by atoms with Crippen molar-refractivity contribution >= 4 is 40.1 Å². The van der Waals surface area contributed by atoms with Crippen LogP contribution < -0.4 is 5.32 Å². The predicted octanol–water partition coefficient (Wildman–Crippen LogP) is 5.04. The largest absolute Gasteiger partial charge is 0.326 e. The third-order valence-electron chi connectivity index (χ3n) is 5.49. The number of aliphatic imine (C=N–C) groups is 1. The Morgan fingerprint density at radius 3 is 2.47 bits per heavy atom. The van der Waals surface area contributed by atoms with Crippen LogP contribution in [0.3, 0.4) is 0 Å². The van der Waals surface area contributed by atoms with Crippen molar-refractivity contribution in [2.75, 3.05) is 5.32 Å². The van der Waals surface area contributed by atoms with Gasteiger partial charge in [0.1, 0.15) is 5.25 Å². The number of anilines is 1. The average molecular weight is 422 g/mol. The SMILES string of the molecule is Cc1ccc(NC(=O)C[C@H]2SC(=Nc3cc(C)ccc3C)N(C3CC3)C2=O)c(C)c1. The van der Waals surface area contributed by atoms with Crippen molar-refractivity contribution in [2.24, 2.45) is 4.99 Å². The van der Waals surface area contributed by atoms with Crippen molar-refractivity contribution in [1.29, 1.82) is 0 Å². The van der Waals surface area contributed by atoms with Gasteiger partial charge in [0.2, 0.25) is 11.8 Å². The molecule has 1 atom stereocenters. The molecule has 0 bridgehead atoms. The van der Waals surface area contributed by atoms with E-state index in [-0.39, 0.29) is 24.3 Å². The van der Waals surface area contributed by atoms with Gasteiger partial charge in [-0.25, -0.2) is 4.99 Å². The summed E-state index contributed by atoms with van der Waals surface area (Å²) in [6, 6.07) is 12.3. The molecule has 2 aromatic rings. The second-order valence-electron chi connectivity index (χ2n) is 8.30. The number of amidine groups is 1. The van der Waals surface area contributed by atoms with Crippen LogP contribution in [0.25, 0.3) is 0 Å². The van der Waals surface area contributed by atoms with Crippen molar-refractivity contribution in [2.45, 2.75) is 58.2 Å². The number of carbonyl (C=O) groups excluding carboxylic acids is 2. The van der Waals surface area contributed by atoms with Gasteiger partial charge >= 0.3 is 0 Å². The first-order chi connectivity index (χ1) is 14.3. The molecule has 0 unspecified atom stereocenters. The summed E-state index contributed by atoms with van der Waals surface area (Å²) in [6.07, 6.45) is 2.14. The Balaban J connectivity index is 1.52. The van der Waals surface area contributed by atoms with Crippen LogP contribution in [0.5, 0.6) is 0 Å². The van der Waals surface area contributed by atoms with Crippen LogP contribution in [0.15, 0.2) is 41.4 Å². The Bertz CT molecular complexity index is 1040. The zero-order valence-electron chi connectivity index (χ0n) is 17.9. The first-order valence-corrected chi connectivity index (χ1v) is 11.2. The van der Waals surface area contributed by atoms with Gasteiger partial charge in [-0.1, -0.05) is 41.6 Å². The van der Waals surface area contributed by atoms with Gasteiger partial charge in [-0.15, -0.1) is 0 Å². The van der Waals surface area contributed by atoms with Crippen LogP contribution in [0, 0.1) is 27.7 Å². The summed E-state index contributed by atoms with van der Waals surface area (Å²) in [6.45, 7) is 8.06. The number of aryl methyl sites for hydroxylation is 4. The number of benzene rings is 2. The molecule has 2 amide bonds. The highest BCUT2D eigenvalue weighted by atomic mass is 32.2. The maximum atomic E-state index is 13.1. The number of hydrogen-bond acceptors (Lipinski definition) is 4. The lowest BCUT2D eigenvalue weighted by Crippen LogP contribution is -2.35. The van der Waals surface area contributed by atoms with Gasteiger partial charge in [0, 0.05) is 18.2 Å². The van der Waals surface area contributed by atoms with E-state index in [0.29, 0.717) is 0 Å². The summed E-state index contributed by atoms with van der Waals surface area (Å²) in [5.41, 5.74) is 6.07. The minimum Gasteiger partial charge on any atom is -0.326 e. The van der Waals surface area contributed by atoms with E-state index >= 15 is 0 Å². The summed E-state index contributed by atoms with van der Waals surface area (Å²) < 4.78 is 0. The Labute approximate surface area is 182 Å². The smallest absolute Gasteiger partial charge is 0.242 e. The van der Waals surface area contributed by atoms with Crippen molar-refractivity contribution in [1.82, 2.24) is 4.90 Å². The van der Waals surface area contributed by atoms with Gasteiger partial charge in [0.25, 0.3) is 0 Å². The topological polar surface area (TPSA) is 61.8 Å². The van der Waals surface area contributed by atoms with Gasteiger partial charge in [-0.3, -0.25) is 14.5 Å². The first-order valence-electron chi connectivity index (χ1n) is 10.3. The molecule has 0 radical (unpaired) electrons. The molecule has 1 saturated heterocycles. The summed E-state index contributed by atoms with van der Waals surface area (Å²) >= 11 is 1.42. The second kappa shape index (κ2) is 8.26. The molecule has 6 heteroatoms. The monoisotopic (exact) mass is 421 g/mol. The number of nitrogens with one attached hydrogen (secondary N) is 1. The van der Waals surface area contributed by atoms with Gasteiger partial charge in [0.05, 0.1) is 5.69 Å². The molecule has 0 spiro atoms. The Hall–Kier alpha value is -2.60. The lowest BCUT2D eigenvalue weighted by molar-refractivity contribution is -0.128. The van der Waals surface area contributed by atoms with E-state index in [4.69, 9.17) is 4.99 Å². The van der Waals surface area contributed by atoms with Gasteiger partial charge < -0.3 is 5.32 Å². The maximum Gasteiger partial charge on any atom is 0.242 e. The van der Waals surface area contributed by atoms with E-state index in [1.165, 1.54) is 11.8 Å². The van der Waals surface area contributed by atoms with E-state index < -0.39 is 5.25 Å². The standard InChI is InChI=1S/C24H27N3O2S/c1-14-6-10-19(17(4)11-14)25-22(28)13-21-23(29)27(18-8-9-18)24(30-21)26-20-12-15(2)5-7-16(20)3/h5-7,10-12,18,21H,8-9,13H2,1-4H3,(H,25,28)/t21-/m1/s1. The fourth-order valence-corrected chi connectivity index (χ4v) is 4.84. The summed E-state index contributed by atoms with van der Waals surface area (Å²) in [5.74, 6) is -0.140. The minimum atomic E-state index is -0.430. The molecular weight excluding hydrogens is 394 g/mol. The second-order valence-corrected chi connectivity index (χ2v) is 9.47. The minimum absolute atomic E-state index is 0.00216. The summed E-state index contributed by atoms with van der Waals surface area (Å²) in [5, 5.41) is 3.26.